The highest BCUT2D eigenvalue weighted by atomic mass is 35.5. The summed E-state index contributed by atoms with van der Waals surface area (Å²) in [6.45, 7) is 2.06. The van der Waals surface area contributed by atoms with Crippen molar-refractivity contribution in [2.45, 2.75) is 6.42 Å². The van der Waals surface area contributed by atoms with Crippen molar-refractivity contribution in [2.24, 2.45) is 5.73 Å². The number of nitrogens with two attached hydrogens (primary N) is 1. The number of rotatable bonds is 7. The summed E-state index contributed by atoms with van der Waals surface area (Å²) >= 11 is 4.10. The molecule has 0 heterocycles. The van der Waals surface area contributed by atoms with Crippen LogP contribution in [-0.2, 0) is 24.4 Å². The van der Waals surface area contributed by atoms with E-state index in [-0.39, 0.29) is 19.0 Å². The highest BCUT2D eigenvalue weighted by Gasteiger charge is 1.97. The minimum absolute atomic E-state index is 0. The van der Waals surface area contributed by atoms with E-state index in [1.807, 2.05) is 0 Å². The van der Waals surface area contributed by atoms with Crippen LogP contribution in [0.4, 0.5) is 0 Å². The second-order valence-electron chi connectivity index (χ2n) is 2.14. The Morgan fingerprint density at radius 3 is 2.62 bits per heavy atom. The lowest BCUT2D eigenvalue weighted by Gasteiger charge is -2.03. The molecule has 0 rings (SSSR count). The molecule has 5 nitrogen and oxygen atoms in total. The summed E-state index contributed by atoms with van der Waals surface area (Å²) in [5, 5.41) is 2.97. The van der Waals surface area contributed by atoms with E-state index >= 15 is 0 Å². The van der Waals surface area contributed by atoms with Gasteiger partial charge in [0.05, 0.1) is 6.61 Å². The number of hydrogen-bond donors (Lipinski definition) is 3. The quantitative estimate of drug-likeness (QED) is 0.528. The first-order valence-electron chi connectivity index (χ1n) is 3.59. The molecule has 0 amide bonds. The van der Waals surface area contributed by atoms with Crippen molar-refractivity contribution < 1.29 is 12.9 Å². The Hall–Kier alpha value is 0.500. The summed E-state index contributed by atoms with van der Waals surface area (Å²) in [4.78, 5) is 0. The molecule has 0 spiro atoms. The maximum atomic E-state index is 10.4. The Bertz CT molecular complexity index is 198. The molecule has 1 atom stereocenters. The van der Waals surface area contributed by atoms with Gasteiger partial charge in [0.25, 0.3) is 9.05 Å². The molecule has 0 aliphatic heterocycles. The molecule has 0 aromatic carbocycles. The molecule has 0 saturated heterocycles. The minimum atomic E-state index is -3.45. The van der Waals surface area contributed by atoms with Gasteiger partial charge in [0.2, 0.25) is 0 Å². The van der Waals surface area contributed by atoms with Crippen LogP contribution in [0.15, 0.2) is 0 Å². The summed E-state index contributed by atoms with van der Waals surface area (Å²) in [6.07, 6.45) is 0.877. The molecule has 4 N–H and O–H groups in total. The first-order valence-corrected chi connectivity index (χ1v) is 5.95. The van der Waals surface area contributed by atoms with Crippen LogP contribution < -0.4 is 11.1 Å². The fourth-order valence-electron chi connectivity index (χ4n) is 0.571. The molecule has 8 heteroatoms. The monoisotopic (exact) mass is 250 g/mol. The Kier molecular flexibility index (Phi) is 11.1. The zero-order valence-corrected chi connectivity index (χ0v) is 9.55. The zero-order chi connectivity index (χ0) is 9.45. The smallest absolute Gasteiger partial charge is 0.266 e. The summed E-state index contributed by atoms with van der Waals surface area (Å²) in [5.74, 6) is 0. The van der Waals surface area contributed by atoms with Gasteiger partial charge in [0.1, 0.15) is 0 Å². The van der Waals surface area contributed by atoms with Gasteiger partial charge in [-0.3, -0.25) is 8.74 Å². The summed E-state index contributed by atoms with van der Waals surface area (Å²) < 4.78 is 23.3. The van der Waals surface area contributed by atoms with Crippen LogP contribution >= 0.6 is 12.4 Å². The van der Waals surface area contributed by atoms with Crippen molar-refractivity contribution in [1.29, 1.82) is 0 Å². The molecule has 1 unspecified atom stereocenters. The molecule has 0 radical (unpaired) electrons. The Balaban J connectivity index is 0. The molecule has 0 bridgehead atoms. The third-order valence-electron chi connectivity index (χ3n) is 1.07. The van der Waals surface area contributed by atoms with Crippen molar-refractivity contribution in [1.82, 2.24) is 5.32 Å². The van der Waals surface area contributed by atoms with Crippen molar-refractivity contribution in [2.75, 3.05) is 26.2 Å². The lowest BCUT2D eigenvalue weighted by Crippen LogP contribution is -2.23. The third-order valence-corrected chi connectivity index (χ3v) is 1.82. The molecule has 0 aliphatic rings. The van der Waals surface area contributed by atoms with Gasteiger partial charge in [-0.25, -0.2) is 0 Å². The molecular weight excluding hydrogens is 236 g/mol. The van der Waals surface area contributed by atoms with Crippen LogP contribution in [0.2, 0.25) is 0 Å². The third kappa shape index (κ3) is 15.3. The zero-order valence-electron chi connectivity index (χ0n) is 7.10. The van der Waals surface area contributed by atoms with E-state index in [0.29, 0.717) is 13.1 Å². The number of halogens is 1. The molecule has 0 fully saturated rings. The van der Waals surface area contributed by atoms with E-state index in [1.165, 1.54) is 0 Å². The fraction of sp³-hybridized carbons (Fsp3) is 1.00. The first kappa shape index (κ1) is 15.9. The van der Waals surface area contributed by atoms with Crippen LogP contribution in [0.25, 0.3) is 0 Å². The molecule has 82 valence electrons. The highest BCUT2D eigenvalue weighted by Crippen LogP contribution is 1.84. The largest absolute Gasteiger partial charge is 0.330 e. The van der Waals surface area contributed by atoms with Crippen molar-refractivity contribution in [3.05, 3.63) is 0 Å². The van der Waals surface area contributed by atoms with E-state index in [9.17, 15) is 4.21 Å². The summed E-state index contributed by atoms with van der Waals surface area (Å²) in [5.41, 5.74) is 5.24. The second-order valence-corrected chi connectivity index (χ2v) is 4.50. The molecule has 0 saturated carbocycles. The van der Waals surface area contributed by atoms with Crippen LogP contribution in [-0.4, -0.2) is 35.0 Å². The average Bonchev–Trinajstić information content (AvgIpc) is 1.94. The van der Waals surface area contributed by atoms with Gasteiger partial charge in [0, 0.05) is 17.7 Å². The number of hydrogen-bond acceptors (Lipinski definition) is 5. The van der Waals surface area contributed by atoms with Crippen molar-refractivity contribution in [3.8, 4) is 0 Å². The van der Waals surface area contributed by atoms with E-state index in [4.69, 9.17) is 10.3 Å². The van der Waals surface area contributed by atoms with Crippen molar-refractivity contribution >= 4 is 32.6 Å². The SMILES string of the molecule is Cl.NCCCNCCOS(=O)(O)=S. The predicted octanol–water partition coefficient (Wildman–Crippen LogP) is -0.503. The molecular formula is C5H15ClN2O3S2. The van der Waals surface area contributed by atoms with Gasteiger partial charge in [-0.2, -0.15) is 4.21 Å². The number of nitrogens with one attached hydrogen (secondary N) is 1. The topological polar surface area (TPSA) is 84.6 Å². The van der Waals surface area contributed by atoms with Crippen LogP contribution in [0.5, 0.6) is 0 Å². The molecule has 13 heavy (non-hydrogen) atoms. The van der Waals surface area contributed by atoms with Crippen LogP contribution in [0, 0.1) is 0 Å². The van der Waals surface area contributed by atoms with E-state index < -0.39 is 9.05 Å². The summed E-state index contributed by atoms with van der Waals surface area (Å²) in [7, 11) is -3.45. The van der Waals surface area contributed by atoms with Crippen LogP contribution in [0.1, 0.15) is 6.42 Å². The lowest BCUT2D eigenvalue weighted by molar-refractivity contribution is 0.302. The van der Waals surface area contributed by atoms with E-state index in [0.717, 1.165) is 13.0 Å². The first-order chi connectivity index (χ1) is 5.56. The minimum Gasteiger partial charge on any atom is -0.330 e. The Labute approximate surface area is 89.5 Å². The molecule has 0 aromatic rings. The van der Waals surface area contributed by atoms with E-state index in [1.54, 1.807) is 0 Å². The van der Waals surface area contributed by atoms with Crippen molar-refractivity contribution in [3.63, 3.8) is 0 Å². The maximum absolute atomic E-state index is 10.4. The Morgan fingerprint density at radius 2 is 2.15 bits per heavy atom. The van der Waals surface area contributed by atoms with Crippen LogP contribution in [0.3, 0.4) is 0 Å². The lowest BCUT2D eigenvalue weighted by atomic mass is 10.4. The normalized spacial score (nSPS) is 14.6. The average molecular weight is 251 g/mol. The molecule has 0 aromatic heterocycles. The van der Waals surface area contributed by atoms with Gasteiger partial charge in [0.15, 0.2) is 0 Å². The molecule has 0 aliphatic carbocycles. The van der Waals surface area contributed by atoms with Gasteiger partial charge in [-0.1, -0.05) is 0 Å². The fourth-order valence-corrected chi connectivity index (χ4v) is 1.07. The Morgan fingerprint density at radius 1 is 1.54 bits per heavy atom. The van der Waals surface area contributed by atoms with Gasteiger partial charge >= 0.3 is 0 Å². The second kappa shape index (κ2) is 9.07. The summed E-state index contributed by atoms with van der Waals surface area (Å²) in [6, 6.07) is 0. The highest BCUT2D eigenvalue weighted by molar-refractivity contribution is 8.27. The van der Waals surface area contributed by atoms with Gasteiger partial charge in [-0.15, -0.1) is 12.4 Å². The predicted molar refractivity (Wildman–Crippen MR) is 57.9 cm³/mol. The van der Waals surface area contributed by atoms with E-state index in [2.05, 4.69) is 20.7 Å². The van der Waals surface area contributed by atoms with Gasteiger partial charge in [-0.05, 0) is 19.5 Å². The maximum Gasteiger partial charge on any atom is 0.266 e. The standard InChI is InChI=1S/C5H14N2O3S2.ClH/c6-2-1-3-7-4-5-10-12(8,9)11;/h7H,1-6H2,(H,8,9,11);1H. The van der Waals surface area contributed by atoms with Gasteiger partial charge < -0.3 is 11.1 Å².